The maximum Gasteiger partial charge on any atom is 0.328 e. The highest BCUT2D eigenvalue weighted by Crippen LogP contribution is 2.45. The topological polar surface area (TPSA) is 40.5 Å². The third-order valence-corrected chi connectivity index (χ3v) is 5.24. The molecule has 0 amide bonds. The van der Waals surface area contributed by atoms with E-state index in [-0.39, 0.29) is 6.04 Å². The van der Waals surface area contributed by atoms with Crippen LogP contribution < -0.4 is 0 Å². The van der Waals surface area contributed by atoms with Crippen LogP contribution in [0.25, 0.3) is 0 Å². The third kappa shape index (κ3) is 4.23. The molecular weight excluding hydrogens is 322 g/mol. The van der Waals surface area contributed by atoms with Gasteiger partial charge in [0.2, 0.25) is 0 Å². The van der Waals surface area contributed by atoms with Crippen molar-refractivity contribution in [1.82, 2.24) is 4.90 Å². The zero-order chi connectivity index (χ0) is 19.2. The molecule has 1 N–H and O–H groups in total. The summed E-state index contributed by atoms with van der Waals surface area (Å²) < 4.78 is 0. The predicted molar refractivity (Wildman–Crippen MR) is 107 cm³/mol. The molecule has 2 rings (SSSR count). The average molecular weight is 351 g/mol. The Kier molecular flexibility index (Phi) is 6.76. The van der Waals surface area contributed by atoms with E-state index >= 15 is 0 Å². The Hall–Kier alpha value is -2.39. The Morgan fingerprint density at radius 3 is 1.85 bits per heavy atom. The lowest BCUT2D eigenvalue weighted by atomic mass is 9.64. The summed E-state index contributed by atoms with van der Waals surface area (Å²) in [7, 11) is 4.13. The van der Waals surface area contributed by atoms with Crippen LogP contribution in [0.4, 0.5) is 0 Å². The summed E-state index contributed by atoms with van der Waals surface area (Å²) in [6, 6.07) is 20.8. The molecule has 3 heteroatoms. The average Bonchev–Trinajstić information content (AvgIpc) is 2.65. The van der Waals surface area contributed by atoms with Gasteiger partial charge in [-0.1, -0.05) is 67.6 Å². The van der Waals surface area contributed by atoms with E-state index < -0.39 is 11.4 Å². The molecule has 0 aliphatic carbocycles. The standard InChI is InChI=1S/C23H29NO2/c1-5-19(16-22(25)26)23(17-18(2)24(3)4,20-12-8-6-9-13-20)21-14-10-7-11-15-21/h6-16,18H,5,17H2,1-4H3,(H,25,26)/b19-16+. The number of nitrogens with zero attached hydrogens (tertiary/aromatic N) is 1. The second-order valence-electron chi connectivity index (χ2n) is 7.02. The van der Waals surface area contributed by atoms with Gasteiger partial charge in [0.1, 0.15) is 0 Å². The number of benzene rings is 2. The lowest BCUT2D eigenvalue weighted by Gasteiger charge is -2.41. The van der Waals surface area contributed by atoms with Crippen LogP contribution in [0.1, 0.15) is 37.8 Å². The minimum atomic E-state index is -0.893. The van der Waals surface area contributed by atoms with Crippen LogP contribution in [0.3, 0.4) is 0 Å². The molecule has 0 aliphatic heterocycles. The molecule has 1 unspecified atom stereocenters. The molecule has 138 valence electrons. The monoisotopic (exact) mass is 351 g/mol. The van der Waals surface area contributed by atoms with Crippen molar-refractivity contribution in [3.63, 3.8) is 0 Å². The molecular formula is C23H29NO2. The van der Waals surface area contributed by atoms with E-state index in [2.05, 4.69) is 50.2 Å². The first-order valence-electron chi connectivity index (χ1n) is 9.13. The number of aliphatic carboxylic acids is 1. The van der Waals surface area contributed by atoms with Gasteiger partial charge in [-0.15, -0.1) is 0 Å². The fourth-order valence-corrected chi connectivity index (χ4v) is 3.65. The van der Waals surface area contributed by atoms with E-state index in [9.17, 15) is 9.90 Å². The Balaban J connectivity index is 2.81. The van der Waals surface area contributed by atoms with E-state index in [1.807, 2.05) is 43.3 Å². The molecule has 0 heterocycles. The van der Waals surface area contributed by atoms with E-state index in [1.165, 1.54) is 6.08 Å². The summed E-state index contributed by atoms with van der Waals surface area (Å²) in [4.78, 5) is 13.8. The summed E-state index contributed by atoms with van der Waals surface area (Å²) in [6.45, 7) is 4.23. The lowest BCUT2D eigenvalue weighted by molar-refractivity contribution is -0.131. The highest BCUT2D eigenvalue weighted by atomic mass is 16.4. The number of hydrogen-bond donors (Lipinski definition) is 1. The Bertz CT molecular complexity index is 696. The minimum Gasteiger partial charge on any atom is -0.478 e. The predicted octanol–water partition coefficient (Wildman–Crippen LogP) is 4.73. The Morgan fingerprint density at radius 2 is 1.50 bits per heavy atom. The number of carbonyl (C=O) groups is 1. The highest BCUT2D eigenvalue weighted by Gasteiger charge is 2.39. The first-order chi connectivity index (χ1) is 12.4. The molecule has 1 atom stereocenters. The summed E-state index contributed by atoms with van der Waals surface area (Å²) in [6.07, 6.45) is 2.89. The molecule has 3 nitrogen and oxygen atoms in total. The molecule has 2 aromatic rings. The van der Waals surface area contributed by atoms with Crippen molar-refractivity contribution in [2.24, 2.45) is 0 Å². The molecule has 0 aromatic heterocycles. The van der Waals surface area contributed by atoms with E-state index in [1.54, 1.807) is 0 Å². The van der Waals surface area contributed by atoms with Gasteiger partial charge in [0.25, 0.3) is 0 Å². The molecule has 0 bridgehead atoms. The SMILES string of the molecule is CC/C(=C\C(=O)O)C(CC(C)N(C)C)(c1ccccc1)c1ccccc1. The van der Waals surface area contributed by atoms with Crippen LogP contribution in [-0.2, 0) is 10.2 Å². The molecule has 0 fully saturated rings. The molecule has 2 aromatic carbocycles. The van der Waals surface area contributed by atoms with E-state index in [0.717, 1.165) is 23.1 Å². The number of hydrogen-bond acceptors (Lipinski definition) is 2. The highest BCUT2D eigenvalue weighted by molar-refractivity contribution is 5.81. The van der Waals surface area contributed by atoms with Crippen LogP contribution in [0.2, 0.25) is 0 Å². The minimum absolute atomic E-state index is 0.277. The van der Waals surface area contributed by atoms with Crippen molar-refractivity contribution in [2.45, 2.75) is 38.1 Å². The Labute approximate surface area is 157 Å². The molecule has 0 aliphatic rings. The first kappa shape index (κ1) is 19.9. The lowest BCUT2D eigenvalue weighted by Crippen LogP contribution is -2.39. The quantitative estimate of drug-likeness (QED) is 0.699. The van der Waals surface area contributed by atoms with Gasteiger partial charge in [-0.05, 0) is 50.6 Å². The summed E-state index contributed by atoms with van der Waals surface area (Å²) in [5.41, 5.74) is 2.72. The number of carboxylic acids is 1. The van der Waals surface area contributed by atoms with Crippen LogP contribution >= 0.6 is 0 Å². The zero-order valence-corrected chi connectivity index (χ0v) is 16.1. The van der Waals surface area contributed by atoms with Crippen molar-refractivity contribution in [1.29, 1.82) is 0 Å². The van der Waals surface area contributed by atoms with Crippen molar-refractivity contribution in [2.75, 3.05) is 14.1 Å². The summed E-state index contributed by atoms with van der Waals surface area (Å²) in [5.74, 6) is -0.893. The smallest absolute Gasteiger partial charge is 0.328 e. The van der Waals surface area contributed by atoms with Crippen LogP contribution in [0, 0.1) is 0 Å². The van der Waals surface area contributed by atoms with Gasteiger partial charge in [-0.3, -0.25) is 0 Å². The summed E-state index contributed by atoms with van der Waals surface area (Å²) in [5, 5.41) is 9.53. The fourth-order valence-electron chi connectivity index (χ4n) is 3.65. The van der Waals surface area contributed by atoms with Crippen LogP contribution in [0.5, 0.6) is 0 Å². The maximum absolute atomic E-state index is 11.6. The van der Waals surface area contributed by atoms with Gasteiger partial charge < -0.3 is 10.0 Å². The molecule has 0 saturated carbocycles. The molecule has 26 heavy (non-hydrogen) atoms. The van der Waals surface area contributed by atoms with E-state index in [0.29, 0.717) is 6.42 Å². The van der Waals surface area contributed by atoms with Crippen molar-refractivity contribution >= 4 is 5.97 Å². The van der Waals surface area contributed by atoms with E-state index in [4.69, 9.17) is 0 Å². The van der Waals surface area contributed by atoms with Gasteiger partial charge >= 0.3 is 5.97 Å². The maximum atomic E-state index is 11.6. The Morgan fingerprint density at radius 1 is 1.04 bits per heavy atom. The first-order valence-corrected chi connectivity index (χ1v) is 9.13. The summed E-state index contributed by atoms with van der Waals surface area (Å²) >= 11 is 0. The fraction of sp³-hybridized carbons (Fsp3) is 0.348. The van der Waals surface area contributed by atoms with Crippen molar-refractivity contribution < 1.29 is 9.90 Å². The van der Waals surface area contributed by atoms with Gasteiger partial charge in [0.05, 0.1) is 0 Å². The number of carboxylic acid groups (broad SMARTS) is 1. The second-order valence-corrected chi connectivity index (χ2v) is 7.02. The van der Waals surface area contributed by atoms with Crippen molar-refractivity contribution in [3.05, 3.63) is 83.4 Å². The number of allylic oxidation sites excluding steroid dienone is 1. The van der Waals surface area contributed by atoms with Crippen LogP contribution in [0.15, 0.2) is 72.3 Å². The van der Waals surface area contributed by atoms with Gasteiger partial charge in [0, 0.05) is 17.5 Å². The molecule has 0 radical (unpaired) electrons. The second kappa shape index (κ2) is 8.81. The van der Waals surface area contributed by atoms with Gasteiger partial charge in [-0.25, -0.2) is 4.79 Å². The van der Waals surface area contributed by atoms with Gasteiger partial charge in [-0.2, -0.15) is 0 Å². The zero-order valence-electron chi connectivity index (χ0n) is 16.1. The van der Waals surface area contributed by atoms with Crippen LogP contribution in [-0.4, -0.2) is 36.1 Å². The largest absolute Gasteiger partial charge is 0.478 e. The van der Waals surface area contributed by atoms with Gasteiger partial charge in [0.15, 0.2) is 0 Å². The molecule has 0 spiro atoms. The normalized spacial score (nSPS) is 13.7. The third-order valence-electron chi connectivity index (χ3n) is 5.24. The van der Waals surface area contributed by atoms with Crippen molar-refractivity contribution in [3.8, 4) is 0 Å². The number of rotatable bonds is 8. The molecule has 0 saturated heterocycles.